The van der Waals surface area contributed by atoms with Gasteiger partial charge in [0.05, 0.1) is 12.8 Å². The fraction of sp³-hybridized carbons (Fsp3) is 0.625. The number of carbonyl (C=O) groups excluding carboxylic acids is 1. The van der Waals surface area contributed by atoms with Crippen LogP contribution in [0.25, 0.3) is 11.2 Å². The number of aromatic nitrogens is 4. The summed E-state index contributed by atoms with van der Waals surface area (Å²) in [4.78, 5) is 24.5. The third kappa shape index (κ3) is 2.96. The van der Waals surface area contributed by atoms with Crippen LogP contribution < -0.4 is 4.74 Å². The lowest BCUT2D eigenvalue weighted by atomic mass is 9.89. The number of ether oxygens (including phenoxy) is 1. The quantitative estimate of drug-likeness (QED) is 0.794. The Morgan fingerprint density at radius 1 is 1.32 bits per heavy atom. The van der Waals surface area contributed by atoms with Gasteiger partial charge in [-0.1, -0.05) is 19.3 Å². The maximum absolute atomic E-state index is 11.5. The van der Waals surface area contributed by atoms with Crippen LogP contribution >= 0.6 is 0 Å². The van der Waals surface area contributed by atoms with E-state index in [9.17, 15) is 4.79 Å². The van der Waals surface area contributed by atoms with Gasteiger partial charge in [-0.25, -0.2) is 9.97 Å². The Hall–Kier alpha value is -1.98. The zero-order valence-electron chi connectivity index (χ0n) is 13.2. The number of carbonyl (C=O) groups is 1. The van der Waals surface area contributed by atoms with Crippen LogP contribution in [0.4, 0.5) is 0 Å². The average molecular weight is 302 g/mol. The van der Waals surface area contributed by atoms with Crippen molar-refractivity contribution in [2.45, 2.75) is 52.5 Å². The predicted octanol–water partition coefficient (Wildman–Crippen LogP) is 3.01. The molecule has 0 radical (unpaired) electrons. The lowest BCUT2D eigenvalue weighted by molar-refractivity contribution is 0.100. The van der Waals surface area contributed by atoms with E-state index >= 15 is 0 Å². The van der Waals surface area contributed by atoms with Gasteiger partial charge < -0.3 is 4.74 Å². The molecule has 22 heavy (non-hydrogen) atoms. The lowest BCUT2D eigenvalue weighted by Crippen LogP contribution is -2.16. The van der Waals surface area contributed by atoms with Gasteiger partial charge in [0, 0.05) is 13.5 Å². The first kappa shape index (κ1) is 14.9. The van der Waals surface area contributed by atoms with Gasteiger partial charge in [-0.05, 0) is 25.7 Å². The topological polar surface area (TPSA) is 69.9 Å². The van der Waals surface area contributed by atoms with Crippen molar-refractivity contribution in [2.75, 3.05) is 6.61 Å². The molecule has 2 heterocycles. The van der Waals surface area contributed by atoms with E-state index in [1.54, 1.807) is 6.20 Å². The Kier molecular flexibility index (Phi) is 4.36. The van der Waals surface area contributed by atoms with E-state index in [4.69, 9.17) is 4.74 Å². The molecule has 0 amide bonds. The largest absolute Gasteiger partial charge is 0.465 e. The number of nitrogens with zero attached hydrogens (tertiary/aromatic N) is 4. The van der Waals surface area contributed by atoms with Crippen molar-refractivity contribution in [3.8, 4) is 6.01 Å². The molecule has 1 saturated carbocycles. The Labute approximate surface area is 129 Å². The third-order valence-electron chi connectivity index (χ3n) is 4.21. The van der Waals surface area contributed by atoms with Crippen LogP contribution in [0.2, 0.25) is 0 Å². The van der Waals surface area contributed by atoms with Gasteiger partial charge in [0.15, 0.2) is 17.3 Å². The minimum atomic E-state index is -0.134. The number of fused-ring (bicyclic) bond motifs is 1. The number of imidazole rings is 1. The summed E-state index contributed by atoms with van der Waals surface area (Å²) in [7, 11) is 0. The van der Waals surface area contributed by atoms with Gasteiger partial charge in [0.1, 0.15) is 5.52 Å². The van der Waals surface area contributed by atoms with Gasteiger partial charge in [-0.15, -0.1) is 0 Å². The highest BCUT2D eigenvalue weighted by molar-refractivity contribution is 5.91. The third-order valence-corrected chi connectivity index (χ3v) is 4.21. The van der Waals surface area contributed by atoms with Crippen LogP contribution in [0.3, 0.4) is 0 Å². The molecule has 1 aliphatic carbocycles. The zero-order chi connectivity index (χ0) is 15.5. The van der Waals surface area contributed by atoms with Crippen molar-refractivity contribution < 1.29 is 9.53 Å². The molecule has 0 atom stereocenters. The second kappa shape index (κ2) is 6.42. The number of hydrogen-bond acceptors (Lipinski definition) is 5. The molecule has 2 aromatic rings. The molecular weight excluding hydrogens is 280 g/mol. The maximum atomic E-state index is 11.5. The van der Waals surface area contributed by atoms with Crippen molar-refractivity contribution in [1.29, 1.82) is 0 Å². The van der Waals surface area contributed by atoms with Gasteiger partial charge in [0.25, 0.3) is 6.01 Å². The number of hydrogen-bond donors (Lipinski definition) is 0. The van der Waals surface area contributed by atoms with Crippen molar-refractivity contribution in [1.82, 2.24) is 19.5 Å². The molecule has 0 aliphatic heterocycles. The molecule has 2 aromatic heterocycles. The van der Waals surface area contributed by atoms with Crippen LogP contribution in [0.1, 0.15) is 56.6 Å². The minimum absolute atomic E-state index is 0.134. The first-order chi connectivity index (χ1) is 10.7. The highest BCUT2D eigenvalue weighted by Gasteiger charge is 2.20. The molecule has 6 nitrogen and oxygen atoms in total. The van der Waals surface area contributed by atoms with Gasteiger partial charge in [0.2, 0.25) is 0 Å². The monoisotopic (exact) mass is 302 g/mol. The van der Waals surface area contributed by atoms with E-state index in [0.29, 0.717) is 29.7 Å². The Morgan fingerprint density at radius 3 is 2.77 bits per heavy atom. The molecule has 1 fully saturated rings. The molecule has 0 aromatic carbocycles. The first-order valence-electron chi connectivity index (χ1n) is 8.06. The first-order valence-corrected chi connectivity index (χ1v) is 8.06. The van der Waals surface area contributed by atoms with Crippen LogP contribution in [-0.4, -0.2) is 31.9 Å². The van der Waals surface area contributed by atoms with E-state index in [1.807, 2.05) is 11.5 Å². The second-order valence-electron chi connectivity index (χ2n) is 5.90. The van der Waals surface area contributed by atoms with Crippen molar-refractivity contribution in [2.24, 2.45) is 5.92 Å². The summed E-state index contributed by atoms with van der Waals surface area (Å²) in [6.07, 6.45) is 7.98. The van der Waals surface area contributed by atoms with Crippen LogP contribution in [-0.2, 0) is 6.54 Å². The number of ketones is 1. The van der Waals surface area contributed by atoms with Gasteiger partial charge in [-0.2, -0.15) is 4.98 Å². The summed E-state index contributed by atoms with van der Waals surface area (Å²) < 4.78 is 7.68. The molecule has 1 aliphatic rings. The standard InChI is InChI=1S/C16H22N4O2/c1-3-22-16-18-13-9-17-14(11(2)21)19-15(13)20(16)10-12-7-5-4-6-8-12/h9,12H,3-8,10H2,1-2H3. The predicted molar refractivity (Wildman–Crippen MR) is 83.1 cm³/mol. The molecule has 118 valence electrons. The molecular formula is C16H22N4O2. The smallest absolute Gasteiger partial charge is 0.298 e. The van der Waals surface area contributed by atoms with Crippen molar-refractivity contribution >= 4 is 16.9 Å². The van der Waals surface area contributed by atoms with E-state index < -0.39 is 0 Å². The number of Topliss-reactive ketones (excluding diaryl/α,β-unsaturated/α-hetero) is 1. The molecule has 3 rings (SSSR count). The summed E-state index contributed by atoms with van der Waals surface area (Å²) in [5.41, 5.74) is 1.39. The van der Waals surface area contributed by atoms with Crippen LogP contribution in [0.15, 0.2) is 6.20 Å². The summed E-state index contributed by atoms with van der Waals surface area (Å²) in [6, 6.07) is 0.582. The molecule has 0 spiro atoms. The van der Waals surface area contributed by atoms with Gasteiger partial charge in [-0.3, -0.25) is 9.36 Å². The van der Waals surface area contributed by atoms with Crippen LogP contribution in [0.5, 0.6) is 6.01 Å². The van der Waals surface area contributed by atoms with E-state index in [0.717, 1.165) is 6.54 Å². The molecule has 0 N–H and O–H groups in total. The average Bonchev–Trinajstić information content (AvgIpc) is 2.86. The second-order valence-corrected chi connectivity index (χ2v) is 5.90. The Bertz CT molecular complexity index is 674. The molecule has 0 unspecified atom stereocenters. The van der Waals surface area contributed by atoms with Crippen molar-refractivity contribution in [3.63, 3.8) is 0 Å². The summed E-state index contributed by atoms with van der Waals surface area (Å²) in [5.74, 6) is 0.728. The maximum Gasteiger partial charge on any atom is 0.298 e. The summed E-state index contributed by atoms with van der Waals surface area (Å²) in [5, 5.41) is 0. The van der Waals surface area contributed by atoms with E-state index in [2.05, 4.69) is 15.0 Å². The normalized spacial score (nSPS) is 16.1. The van der Waals surface area contributed by atoms with E-state index in [-0.39, 0.29) is 11.6 Å². The Balaban J connectivity index is 2.00. The fourth-order valence-electron chi connectivity index (χ4n) is 3.10. The lowest BCUT2D eigenvalue weighted by Gasteiger charge is -2.22. The minimum Gasteiger partial charge on any atom is -0.465 e. The van der Waals surface area contributed by atoms with Crippen molar-refractivity contribution in [3.05, 3.63) is 12.0 Å². The van der Waals surface area contributed by atoms with E-state index in [1.165, 1.54) is 39.0 Å². The zero-order valence-corrected chi connectivity index (χ0v) is 13.2. The highest BCUT2D eigenvalue weighted by Crippen LogP contribution is 2.28. The van der Waals surface area contributed by atoms with Crippen LogP contribution in [0, 0.1) is 5.92 Å². The molecule has 6 heteroatoms. The molecule has 0 saturated heterocycles. The fourth-order valence-corrected chi connectivity index (χ4v) is 3.10. The Morgan fingerprint density at radius 2 is 2.09 bits per heavy atom. The molecule has 0 bridgehead atoms. The SMILES string of the molecule is CCOc1nc2cnc(C(C)=O)nc2n1CC1CCCCC1. The number of rotatable bonds is 5. The highest BCUT2D eigenvalue weighted by atomic mass is 16.5. The summed E-state index contributed by atoms with van der Waals surface area (Å²) in [6.45, 7) is 4.82. The summed E-state index contributed by atoms with van der Waals surface area (Å²) >= 11 is 0. The van der Waals surface area contributed by atoms with Gasteiger partial charge >= 0.3 is 0 Å².